The fourth-order valence-corrected chi connectivity index (χ4v) is 3.73. The van der Waals surface area contributed by atoms with Crippen molar-refractivity contribution in [3.8, 4) is 5.75 Å². The second-order valence-corrected chi connectivity index (χ2v) is 7.75. The molecule has 8 nitrogen and oxygen atoms in total. The summed E-state index contributed by atoms with van der Waals surface area (Å²) in [5.41, 5.74) is 1.44. The van der Waals surface area contributed by atoms with Crippen LogP contribution < -0.4 is 15.4 Å². The Hall–Kier alpha value is -2.84. The molecule has 1 aromatic heterocycles. The number of carbonyl (C=O) groups is 2. The number of urea groups is 1. The zero-order valence-corrected chi connectivity index (χ0v) is 18.4. The monoisotopic (exact) mass is 446 g/mol. The lowest BCUT2D eigenvalue weighted by Crippen LogP contribution is -2.52. The quantitative estimate of drug-likeness (QED) is 0.680. The molecule has 0 bridgehead atoms. The first kappa shape index (κ1) is 22.8. The fraction of sp³-hybridized carbons (Fsp3) is 0.409. The van der Waals surface area contributed by atoms with Crippen molar-refractivity contribution in [2.24, 2.45) is 0 Å². The molecule has 166 valence electrons. The third-order valence-corrected chi connectivity index (χ3v) is 5.53. The van der Waals surface area contributed by atoms with E-state index in [2.05, 4.69) is 15.6 Å². The molecule has 2 atom stereocenters. The van der Waals surface area contributed by atoms with Gasteiger partial charge in [-0.15, -0.1) is 0 Å². The van der Waals surface area contributed by atoms with Crippen LogP contribution in [0.25, 0.3) is 0 Å². The number of nitrogens with one attached hydrogen (secondary N) is 2. The number of benzene rings is 1. The molecule has 2 aromatic rings. The highest BCUT2D eigenvalue weighted by atomic mass is 35.5. The van der Waals surface area contributed by atoms with Gasteiger partial charge in [-0.2, -0.15) is 0 Å². The lowest BCUT2D eigenvalue weighted by atomic mass is 9.88. The van der Waals surface area contributed by atoms with Gasteiger partial charge < -0.3 is 25.0 Å². The van der Waals surface area contributed by atoms with E-state index in [1.54, 1.807) is 44.7 Å². The van der Waals surface area contributed by atoms with E-state index in [1.807, 2.05) is 17.0 Å². The summed E-state index contributed by atoms with van der Waals surface area (Å²) >= 11 is 5.90. The maximum Gasteiger partial charge on any atom is 0.319 e. The minimum atomic E-state index is -0.315. The Labute approximate surface area is 186 Å². The predicted molar refractivity (Wildman–Crippen MR) is 119 cm³/mol. The molecule has 2 heterocycles. The molecule has 2 unspecified atom stereocenters. The van der Waals surface area contributed by atoms with E-state index >= 15 is 0 Å². The summed E-state index contributed by atoms with van der Waals surface area (Å²) in [6.07, 6.45) is 2.59. The Morgan fingerprint density at radius 1 is 1.19 bits per heavy atom. The van der Waals surface area contributed by atoms with E-state index in [0.717, 1.165) is 5.69 Å². The van der Waals surface area contributed by atoms with Crippen molar-refractivity contribution in [2.75, 3.05) is 39.2 Å². The van der Waals surface area contributed by atoms with Crippen LogP contribution in [0.4, 0.5) is 10.5 Å². The van der Waals surface area contributed by atoms with Gasteiger partial charge in [-0.3, -0.25) is 9.78 Å². The van der Waals surface area contributed by atoms with E-state index in [0.29, 0.717) is 49.0 Å². The molecular formula is C22H27ClN4O4. The summed E-state index contributed by atoms with van der Waals surface area (Å²) in [4.78, 5) is 31.5. The second-order valence-electron chi connectivity index (χ2n) is 7.31. The van der Waals surface area contributed by atoms with Crippen LogP contribution in [0.15, 0.2) is 42.6 Å². The van der Waals surface area contributed by atoms with Gasteiger partial charge in [0.15, 0.2) is 0 Å². The molecule has 1 aromatic carbocycles. The van der Waals surface area contributed by atoms with Gasteiger partial charge in [-0.25, -0.2) is 4.79 Å². The maximum absolute atomic E-state index is 12.6. The molecule has 3 rings (SSSR count). The van der Waals surface area contributed by atoms with Crippen LogP contribution in [0.5, 0.6) is 5.75 Å². The topological polar surface area (TPSA) is 92.8 Å². The molecule has 1 aliphatic heterocycles. The van der Waals surface area contributed by atoms with Crippen LogP contribution in [-0.4, -0.2) is 61.8 Å². The van der Waals surface area contributed by atoms with E-state index in [-0.39, 0.29) is 23.9 Å². The van der Waals surface area contributed by atoms with Crippen LogP contribution in [0.2, 0.25) is 5.02 Å². The van der Waals surface area contributed by atoms with Gasteiger partial charge in [0, 0.05) is 48.6 Å². The number of ether oxygens (including phenoxy) is 2. The van der Waals surface area contributed by atoms with Crippen LogP contribution in [0.1, 0.15) is 24.5 Å². The van der Waals surface area contributed by atoms with Gasteiger partial charge in [0.25, 0.3) is 0 Å². The highest BCUT2D eigenvalue weighted by molar-refractivity contribution is 6.30. The first-order valence-corrected chi connectivity index (χ1v) is 10.5. The molecule has 2 N–H and O–H groups in total. The standard InChI is InChI=1S/C22H27ClN4O4/c1-30-12-10-21(28)27-11-9-20(18(14-27)19-8-7-17(31-2)13-24-19)26-22(29)25-16-5-3-15(23)4-6-16/h3-8,13,18,20H,9-12,14H2,1-2H3,(H2,25,26,29). The van der Waals surface area contributed by atoms with Crippen molar-refractivity contribution < 1.29 is 19.1 Å². The number of likely N-dealkylation sites (tertiary alicyclic amines) is 1. The second kappa shape index (κ2) is 11.0. The third kappa shape index (κ3) is 6.32. The molecule has 9 heteroatoms. The van der Waals surface area contributed by atoms with Gasteiger partial charge in [0.1, 0.15) is 5.75 Å². The molecule has 1 aliphatic rings. The van der Waals surface area contributed by atoms with Crippen molar-refractivity contribution in [1.82, 2.24) is 15.2 Å². The van der Waals surface area contributed by atoms with E-state index in [4.69, 9.17) is 21.1 Å². The zero-order valence-electron chi connectivity index (χ0n) is 17.6. The average molecular weight is 447 g/mol. The van der Waals surface area contributed by atoms with Gasteiger partial charge in [-0.1, -0.05) is 11.6 Å². The number of anilines is 1. The Kier molecular flexibility index (Phi) is 8.08. The van der Waals surface area contributed by atoms with Gasteiger partial charge >= 0.3 is 6.03 Å². The summed E-state index contributed by atoms with van der Waals surface area (Å²) in [6.45, 7) is 1.40. The SMILES string of the molecule is COCCC(=O)N1CCC(NC(=O)Nc2ccc(Cl)cc2)C(c2ccc(OC)cn2)C1. The highest BCUT2D eigenvalue weighted by Crippen LogP contribution is 2.28. The number of pyridine rings is 1. The zero-order chi connectivity index (χ0) is 22.2. The van der Waals surface area contributed by atoms with Crippen molar-refractivity contribution in [1.29, 1.82) is 0 Å². The van der Waals surface area contributed by atoms with Crippen LogP contribution >= 0.6 is 11.6 Å². The third-order valence-electron chi connectivity index (χ3n) is 5.28. The van der Waals surface area contributed by atoms with Crippen molar-refractivity contribution in [2.45, 2.75) is 24.8 Å². The Morgan fingerprint density at radius 2 is 1.97 bits per heavy atom. The minimum absolute atomic E-state index is 0.0319. The molecule has 1 fully saturated rings. The Morgan fingerprint density at radius 3 is 2.61 bits per heavy atom. The Balaban J connectivity index is 1.72. The molecule has 3 amide bonds. The van der Waals surface area contributed by atoms with Crippen molar-refractivity contribution in [3.63, 3.8) is 0 Å². The number of aromatic nitrogens is 1. The van der Waals surface area contributed by atoms with Crippen molar-refractivity contribution >= 4 is 29.2 Å². The first-order valence-electron chi connectivity index (χ1n) is 10.1. The van der Waals surface area contributed by atoms with E-state index < -0.39 is 0 Å². The number of hydrogen-bond donors (Lipinski definition) is 2. The number of amides is 3. The molecule has 0 spiro atoms. The summed E-state index contributed by atoms with van der Waals surface area (Å²) in [5.74, 6) is 0.532. The number of halogens is 1. The molecular weight excluding hydrogens is 420 g/mol. The van der Waals surface area contributed by atoms with Crippen LogP contribution in [0.3, 0.4) is 0 Å². The van der Waals surface area contributed by atoms with Gasteiger partial charge in [0.2, 0.25) is 5.91 Å². The van der Waals surface area contributed by atoms with Crippen LogP contribution in [-0.2, 0) is 9.53 Å². The average Bonchev–Trinajstić information content (AvgIpc) is 2.79. The smallest absolute Gasteiger partial charge is 0.319 e. The molecule has 0 aliphatic carbocycles. The number of piperidine rings is 1. The summed E-state index contributed by atoms with van der Waals surface area (Å²) in [7, 11) is 3.16. The van der Waals surface area contributed by atoms with Crippen LogP contribution in [0, 0.1) is 0 Å². The summed E-state index contributed by atoms with van der Waals surface area (Å²) in [5, 5.41) is 6.47. The molecule has 0 radical (unpaired) electrons. The first-order chi connectivity index (χ1) is 15.0. The summed E-state index contributed by atoms with van der Waals surface area (Å²) < 4.78 is 10.2. The number of hydrogen-bond acceptors (Lipinski definition) is 5. The molecule has 1 saturated heterocycles. The predicted octanol–water partition coefficient (Wildman–Crippen LogP) is 3.29. The molecule has 31 heavy (non-hydrogen) atoms. The van der Waals surface area contributed by atoms with Gasteiger partial charge in [-0.05, 0) is 42.8 Å². The van der Waals surface area contributed by atoms with E-state index in [9.17, 15) is 9.59 Å². The molecule has 0 saturated carbocycles. The number of rotatable bonds is 7. The number of nitrogens with zero attached hydrogens (tertiary/aromatic N) is 2. The van der Waals surface area contributed by atoms with Gasteiger partial charge in [0.05, 0.1) is 26.3 Å². The van der Waals surface area contributed by atoms with E-state index in [1.165, 1.54) is 0 Å². The normalized spacial score (nSPS) is 18.4. The Bertz CT molecular complexity index is 876. The lowest BCUT2D eigenvalue weighted by molar-refractivity contribution is -0.133. The lowest BCUT2D eigenvalue weighted by Gasteiger charge is -2.38. The largest absolute Gasteiger partial charge is 0.495 e. The maximum atomic E-state index is 12.6. The summed E-state index contributed by atoms with van der Waals surface area (Å²) in [6, 6.07) is 10.1. The number of carbonyl (C=O) groups excluding carboxylic acids is 2. The fourth-order valence-electron chi connectivity index (χ4n) is 3.60. The number of methoxy groups -OCH3 is 2. The van der Waals surface area contributed by atoms with Crippen molar-refractivity contribution in [3.05, 3.63) is 53.3 Å². The highest BCUT2D eigenvalue weighted by Gasteiger charge is 2.34. The minimum Gasteiger partial charge on any atom is -0.495 e.